The Balaban J connectivity index is 2.30. The van der Waals surface area contributed by atoms with Gasteiger partial charge in [0.15, 0.2) is 0 Å². The Morgan fingerprint density at radius 1 is 0.952 bits per heavy atom. The lowest BCUT2D eigenvalue weighted by Gasteiger charge is -2.13. The Morgan fingerprint density at radius 3 is 2.38 bits per heavy atom. The van der Waals surface area contributed by atoms with Gasteiger partial charge in [-0.25, -0.2) is 0 Å². The fourth-order valence-corrected chi connectivity index (χ4v) is 3.71. The maximum absolute atomic E-state index is 5.01. The molecule has 1 aliphatic carbocycles. The number of pyridine rings is 1. The third-order valence-corrected chi connectivity index (χ3v) is 4.88. The van der Waals surface area contributed by atoms with E-state index in [9.17, 15) is 0 Å². The molecule has 0 spiro atoms. The first kappa shape index (κ1) is 14.3. The molecule has 21 heavy (non-hydrogen) atoms. The molecule has 110 valence electrons. The molecule has 0 saturated carbocycles. The lowest BCUT2D eigenvalue weighted by atomic mass is 9.96. The first-order valence-corrected chi connectivity index (χ1v) is 8.38. The number of allylic oxidation sites excluding steroid dienone is 2. The van der Waals surface area contributed by atoms with E-state index >= 15 is 0 Å². The van der Waals surface area contributed by atoms with Gasteiger partial charge < -0.3 is 0 Å². The van der Waals surface area contributed by atoms with Crippen molar-refractivity contribution in [3.05, 3.63) is 46.2 Å². The highest BCUT2D eigenvalue weighted by Gasteiger charge is 2.25. The van der Waals surface area contributed by atoms with E-state index in [4.69, 9.17) is 4.98 Å². The van der Waals surface area contributed by atoms with Crippen LogP contribution in [0, 0.1) is 0 Å². The zero-order chi connectivity index (χ0) is 15.0. The number of benzene rings is 1. The van der Waals surface area contributed by atoms with Crippen LogP contribution in [0.3, 0.4) is 0 Å². The molecule has 0 saturated heterocycles. The van der Waals surface area contributed by atoms with E-state index in [1.165, 1.54) is 33.3 Å². The lowest BCUT2D eigenvalue weighted by Crippen LogP contribution is -1.99. The summed E-state index contributed by atoms with van der Waals surface area (Å²) in [5.41, 5.74) is 10.1. The number of hydrogen-bond donors (Lipinski definition) is 0. The predicted molar refractivity (Wildman–Crippen MR) is 91.7 cm³/mol. The number of nitrogens with zero attached hydrogens (tertiary/aromatic N) is 1. The second-order valence-electron chi connectivity index (χ2n) is 5.94. The number of aromatic nitrogens is 1. The van der Waals surface area contributed by atoms with Crippen LogP contribution in [0.2, 0.25) is 0 Å². The average molecular weight is 279 g/mol. The summed E-state index contributed by atoms with van der Waals surface area (Å²) in [6.07, 6.45) is 5.52. The highest BCUT2D eigenvalue weighted by molar-refractivity contribution is 5.92. The molecule has 0 unspecified atom stereocenters. The summed E-state index contributed by atoms with van der Waals surface area (Å²) >= 11 is 0. The highest BCUT2D eigenvalue weighted by atomic mass is 14.7. The summed E-state index contributed by atoms with van der Waals surface area (Å²) in [5, 5.41) is 1.37. The highest BCUT2D eigenvalue weighted by Crippen LogP contribution is 2.41. The summed E-state index contributed by atoms with van der Waals surface area (Å²) in [6, 6.07) is 6.85. The van der Waals surface area contributed by atoms with Crippen LogP contribution >= 0.6 is 0 Å². The van der Waals surface area contributed by atoms with Gasteiger partial charge in [0, 0.05) is 16.6 Å². The van der Waals surface area contributed by atoms with E-state index in [0.717, 1.165) is 32.1 Å². The van der Waals surface area contributed by atoms with Crippen molar-refractivity contribution in [2.75, 3.05) is 0 Å². The molecule has 0 amide bonds. The molecule has 0 N–H and O–H groups in total. The van der Waals surface area contributed by atoms with Crippen LogP contribution in [0.5, 0.6) is 0 Å². The first-order valence-electron chi connectivity index (χ1n) is 8.38. The molecular weight excluding hydrogens is 254 g/mol. The van der Waals surface area contributed by atoms with Crippen LogP contribution in [0.4, 0.5) is 0 Å². The van der Waals surface area contributed by atoms with Crippen LogP contribution in [0.15, 0.2) is 23.8 Å². The zero-order valence-electron chi connectivity index (χ0n) is 13.7. The maximum Gasteiger partial charge on any atom is 0.0711 e. The third-order valence-electron chi connectivity index (χ3n) is 4.88. The molecule has 1 nitrogen and oxygen atoms in total. The Kier molecular flexibility index (Phi) is 3.84. The molecule has 1 aromatic heterocycles. The summed E-state index contributed by atoms with van der Waals surface area (Å²) < 4.78 is 0. The Morgan fingerprint density at radius 2 is 1.76 bits per heavy atom. The van der Waals surface area contributed by atoms with Gasteiger partial charge in [0.25, 0.3) is 0 Å². The molecular formula is C20H25N. The molecule has 3 rings (SSSR count). The monoisotopic (exact) mass is 279 g/mol. The predicted octanol–water partition coefficient (Wildman–Crippen LogP) is 5.49. The summed E-state index contributed by atoms with van der Waals surface area (Å²) in [7, 11) is 0. The van der Waals surface area contributed by atoms with E-state index in [1.54, 1.807) is 11.1 Å². The first-order chi connectivity index (χ1) is 10.2. The minimum atomic E-state index is 1.02. The number of rotatable bonds is 4. The van der Waals surface area contributed by atoms with E-state index in [0.29, 0.717) is 0 Å². The van der Waals surface area contributed by atoms with Gasteiger partial charge in [-0.15, -0.1) is 0 Å². The van der Waals surface area contributed by atoms with E-state index < -0.39 is 0 Å². The van der Waals surface area contributed by atoms with Crippen molar-refractivity contribution in [2.24, 2.45) is 0 Å². The number of aryl methyl sites for hydroxylation is 2. The summed E-state index contributed by atoms with van der Waals surface area (Å²) in [6.45, 7) is 9.01. The van der Waals surface area contributed by atoms with Crippen molar-refractivity contribution in [3.8, 4) is 0 Å². The minimum absolute atomic E-state index is 1.02. The van der Waals surface area contributed by atoms with Gasteiger partial charge in [-0.05, 0) is 54.9 Å². The minimum Gasteiger partial charge on any atom is -0.252 e. The lowest BCUT2D eigenvalue weighted by molar-refractivity contribution is 1.02. The van der Waals surface area contributed by atoms with Crippen molar-refractivity contribution >= 4 is 16.5 Å². The normalized spacial score (nSPS) is 14.1. The van der Waals surface area contributed by atoms with Gasteiger partial charge in [0.2, 0.25) is 0 Å². The van der Waals surface area contributed by atoms with Gasteiger partial charge in [-0.2, -0.15) is 0 Å². The van der Waals surface area contributed by atoms with Crippen molar-refractivity contribution in [2.45, 2.75) is 59.8 Å². The smallest absolute Gasteiger partial charge is 0.0711 e. The SMILES string of the molecule is CCC1=C(CC)c2c(CC)nc3cc(CC)ccc3c2C1. The van der Waals surface area contributed by atoms with Gasteiger partial charge in [0.05, 0.1) is 5.52 Å². The van der Waals surface area contributed by atoms with Crippen molar-refractivity contribution < 1.29 is 0 Å². The molecule has 0 aliphatic heterocycles. The van der Waals surface area contributed by atoms with Crippen LogP contribution in [-0.4, -0.2) is 4.98 Å². The standard InChI is InChI=1S/C20H25N/c1-5-13-9-10-16-17-12-14(6-2)15(7-3)20(17)18(8-4)21-19(16)11-13/h9-11H,5-8,12H2,1-4H3. The number of fused-ring (bicyclic) bond motifs is 3. The fourth-order valence-electron chi connectivity index (χ4n) is 3.71. The van der Waals surface area contributed by atoms with Gasteiger partial charge in [-0.1, -0.05) is 45.4 Å². The molecule has 1 heterocycles. The molecule has 1 aliphatic rings. The molecule has 0 atom stereocenters. The van der Waals surface area contributed by atoms with Crippen molar-refractivity contribution in [3.63, 3.8) is 0 Å². The van der Waals surface area contributed by atoms with E-state index in [2.05, 4.69) is 45.9 Å². The summed E-state index contributed by atoms with van der Waals surface area (Å²) in [4.78, 5) is 5.01. The second kappa shape index (κ2) is 5.63. The molecule has 1 heteroatoms. The average Bonchev–Trinajstić information content (AvgIpc) is 2.92. The molecule has 0 bridgehead atoms. The Hall–Kier alpha value is -1.63. The third kappa shape index (κ3) is 2.19. The van der Waals surface area contributed by atoms with Gasteiger partial charge in [0.1, 0.15) is 0 Å². The largest absolute Gasteiger partial charge is 0.252 e. The van der Waals surface area contributed by atoms with Crippen LogP contribution in [0.25, 0.3) is 16.5 Å². The van der Waals surface area contributed by atoms with Gasteiger partial charge >= 0.3 is 0 Å². The quantitative estimate of drug-likeness (QED) is 0.721. The molecule has 1 aromatic carbocycles. The van der Waals surface area contributed by atoms with Crippen LogP contribution in [0.1, 0.15) is 62.9 Å². The van der Waals surface area contributed by atoms with Crippen molar-refractivity contribution in [1.82, 2.24) is 4.98 Å². The van der Waals surface area contributed by atoms with Gasteiger partial charge in [-0.3, -0.25) is 4.98 Å². The molecule has 0 fully saturated rings. The topological polar surface area (TPSA) is 12.9 Å². The van der Waals surface area contributed by atoms with E-state index in [1.807, 2.05) is 0 Å². The molecule has 2 aromatic rings. The van der Waals surface area contributed by atoms with Crippen LogP contribution < -0.4 is 0 Å². The van der Waals surface area contributed by atoms with Crippen LogP contribution in [-0.2, 0) is 19.3 Å². The zero-order valence-corrected chi connectivity index (χ0v) is 13.7. The van der Waals surface area contributed by atoms with Crippen molar-refractivity contribution in [1.29, 1.82) is 0 Å². The Labute approximate surface area is 128 Å². The second-order valence-corrected chi connectivity index (χ2v) is 5.94. The fraction of sp³-hybridized carbons (Fsp3) is 0.450. The summed E-state index contributed by atoms with van der Waals surface area (Å²) in [5.74, 6) is 0. The maximum atomic E-state index is 5.01. The van der Waals surface area contributed by atoms with E-state index in [-0.39, 0.29) is 0 Å². The Bertz CT molecular complexity index is 722. The number of hydrogen-bond acceptors (Lipinski definition) is 1. The molecule has 0 radical (unpaired) electrons.